The van der Waals surface area contributed by atoms with Gasteiger partial charge in [0.2, 0.25) is 5.13 Å². The molecule has 126 valence electrons. The first kappa shape index (κ1) is 17.2. The van der Waals surface area contributed by atoms with Crippen molar-refractivity contribution in [3.63, 3.8) is 0 Å². The number of hydrogen-bond donors (Lipinski definition) is 2. The van der Waals surface area contributed by atoms with Gasteiger partial charge in [-0.2, -0.15) is 0 Å². The molecule has 0 atom stereocenters. The van der Waals surface area contributed by atoms with Gasteiger partial charge in [0.25, 0.3) is 17.3 Å². The summed E-state index contributed by atoms with van der Waals surface area (Å²) in [5.74, 6) is -0.642. The van der Waals surface area contributed by atoms with E-state index in [2.05, 4.69) is 15.5 Å². The van der Waals surface area contributed by atoms with Gasteiger partial charge in [0.05, 0.1) is 21.5 Å². The average Bonchev–Trinajstić information content (AvgIpc) is 2.92. The van der Waals surface area contributed by atoms with Gasteiger partial charge >= 0.3 is 0 Å². The fraction of sp³-hybridized carbons (Fsp3) is 0.250. The Bertz CT molecular complexity index is 820. The third kappa shape index (κ3) is 3.78. The first-order chi connectivity index (χ1) is 11.3. The summed E-state index contributed by atoms with van der Waals surface area (Å²) in [4.78, 5) is 32.5. The number of benzene rings is 1. The highest BCUT2D eigenvalue weighted by Gasteiger charge is 2.24. The lowest BCUT2D eigenvalue weighted by Crippen LogP contribution is -2.26. The Morgan fingerprint density at radius 2 is 2.00 bits per heavy atom. The number of nitrogens with two attached hydrogens (primary N) is 1. The van der Waals surface area contributed by atoms with Gasteiger partial charge < -0.3 is 11.1 Å². The van der Waals surface area contributed by atoms with Crippen LogP contribution in [0.3, 0.4) is 0 Å². The molecule has 1 aromatic heterocycles. The molecule has 0 saturated carbocycles. The maximum atomic E-state index is 12.2. The second kappa shape index (κ2) is 6.95. The molecule has 0 aliphatic rings. The van der Waals surface area contributed by atoms with Crippen molar-refractivity contribution in [2.45, 2.75) is 13.3 Å². The zero-order valence-electron chi connectivity index (χ0n) is 12.4. The molecule has 0 aliphatic carbocycles. The molecule has 3 N–H and O–H groups in total. The lowest BCUT2D eigenvalue weighted by atomic mass is 10.0. The van der Waals surface area contributed by atoms with Crippen LogP contribution in [-0.2, 0) is 6.42 Å². The van der Waals surface area contributed by atoms with Crippen molar-refractivity contribution in [2.24, 2.45) is 0 Å². The standard InChI is InChI=1S/C12H12N6O5S/c1-6-8(4-7(17(20)21)5-9(6)18(22)23)11(19)14-3-2-10-15-16-12(13)24-10/h4-5H,2-3H2,1H3,(H2,13,16)(H,14,19). The van der Waals surface area contributed by atoms with Gasteiger partial charge in [0.1, 0.15) is 5.01 Å². The molecule has 0 unspecified atom stereocenters. The van der Waals surface area contributed by atoms with Crippen molar-refractivity contribution in [3.05, 3.63) is 48.5 Å². The fourth-order valence-electron chi connectivity index (χ4n) is 1.96. The van der Waals surface area contributed by atoms with Crippen LogP contribution in [0.2, 0.25) is 0 Å². The number of carbonyl (C=O) groups excluding carboxylic acids is 1. The molecule has 0 aliphatic heterocycles. The molecule has 0 spiro atoms. The Balaban J connectivity index is 2.18. The molecule has 12 heteroatoms. The van der Waals surface area contributed by atoms with Crippen LogP contribution in [-0.4, -0.2) is 32.5 Å². The van der Waals surface area contributed by atoms with E-state index in [4.69, 9.17) is 5.73 Å². The summed E-state index contributed by atoms with van der Waals surface area (Å²) in [5.41, 5.74) is 4.38. The van der Waals surface area contributed by atoms with Gasteiger partial charge in [-0.15, -0.1) is 10.2 Å². The van der Waals surface area contributed by atoms with Gasteiger partial charge in [0, 0.05) is 24.6 Å². The van der Waals surface area contributed by atoms with Gasteiger partial charge in [-0.25, -0.2) is 0 Å². The van der Waals surface area contributed by atoms with Gasteiger partial charge in [-0.05, 0) is 6.92 Å². The quantitative estimate of drug-likeness (QED) is 0.577. The van der Waals surface area contributed by atoms with Crippen LogP contribution in [0.25, 0.3) is 0 Å². The molecule has 0 radical (unpaired) electrons. The summed E-state index contributed by atoms with van der Waals surface area (Å²) in [5, 5.41) is 32.8. The third-order valence-electron chi connectivity index (χ3n) is 3.12. The van der Waals surface area contributed by atoms with Crippen molar-refractivity contribution in [1.29, 1.82) is 0 Å². The Hall–Kier alpha value is -3.15. The van der Waals surface area contributed by atoms with Crippen LogP contribution in [0.4, 0.5) is 16.5 Å². The number of carbonyl (C=O) groups is 1. The highest BCUT2D eigenvalue weighted by Crippen LogP contribution is 2.27. The Labute approximate surface area is 138 Å². The predicted octanol–water partition coefficient (Wildman–Crippen LogP) is 1.22. The number of nitro benzene ring substituents is 2. The number of rotatable bonds is 6. The zero-order chi connectivity index (χ0) is 17.9. The second-order valence-electron chi connectivity index (χ2n) is 4.69. The number of nitrogens with one attached hydrogen (secondary N) is 1. The van der Waals surface area contributed by atoms with Gasteiger partial charge in [-0.3, -0.25) is 25.0 Å². The molecule has 24 heavy (non-hydrogen) atoms. The summed E-state index contributed by atoms with van der Waals surface area (Å²) < 4.78 is 0. The van der Waals surface area contributed by atoms with Crippen LogP contribution >= 0.6 is 11.3 Å². The molecule has 11 nitrogen and oxygen atoms in total. The van der Waals surface area contributed by atoms with Crippen molar-refractivity contribution < 1.29 is 14.6 Å². The molecular weight excluding hydrogens is 340 g/mol. The molecule has 1 aromatic carbocycles. The smallest absolute Gasteiger partial charge is 0.279 e. The Morgan fingerprint density at radius 3 is 2.54 bits per heavy atom. The predicted molar refractivity (Wildman–Crippen MR) is 84.8 cm³/mol. The third-order valence-corrected chi connectivity index (χ3v) is 3.94. The summed E-state index contributed by atoms with van der Waals surface area (Å²) >= 11 is 1.18. The highest BCUT2D eigenvalue weighted by molar-refractivity contribution is 7.15. The Morgan fingerprint density at radius 1 is 1.29 bits per heavy atom. The van der Waals surface area contributed by atoms with E-state index < -0.39 is 27.1 Å². The molecule has 2 aromatic rings. The number of nitro groups is 2. The van der Waals surface area contributed by atoms with Crippen molar-refractivity contribution in [3.8, 4) is 0 Å². The molecule has 2 rings (SSSR count). The first-order valence-electron chi connectivity index (χ1n) is 6.59. The van der Waals surface area contributed by atoms with Crippen molar-refractivity contribution in [1.82, 2.24) is 15.5 Å². The van der Waals surface area contributed by atoms with Crippen LogP contribution in [0, 0.1) is 27.2 Å². The van der Waals surface area contributed by atoms with Gasteiger partial charge in [0.15, 0.2) is 0 Å². The van der Waals surface area contributed by atoms with E-state index >= 15 is 0 Å². The van der Waals surface area contributed by atoms with Crippen LogP contribution in [0.5, 0.6) is 0 Å². The minimum Gasteiger partial charge on any atom is -0.374 e. The SMILES string of the molecule is Cc1c(C(=O)NCCc2nnc(N)s2)cc([N+](=O)[O-])cc1[N+](=O)[O-]. The van der Waals surface area contributed by atoms with Crippen molar-refractivity contribution in [2.75, 3.05) is 12.3 Å². The molecule has 1 heterocycles. The molecule has 0 fully saturated rings. The monoisotopic (exact) mass is 352 g/mol. The summed E-state index contributed by atoms with van der Waals surface area (Å²) in [7, 11) is 0. The fourth-order valence-corrected chi connectivity index (χ4v) is 2.57. The second-order valence-corrected chi connectivity index (χ2v) is 5.79. The number of nitrogen functional groups attached to an aromatic ring is 1. The molecule has 0 bridgehead atoms. The van der Waals surface area contributed by atoms with E-state index in [0.29, 0.717) is 16.6 Å². The zero-order valence-corrected chi connectivity index (χ0v) is 13.2. The van der Waals surface area contributed by atoms with Crippen LogP contribution in [0.15, 0.2) is 12.1 Å². The summed E-state index contributed by atoms with van der Waals surface area (Å²) in [6.07, 6.45) is 0.372. The maximum absolute atomic E-state index is 12.2. The first-order valence-corrected chi connectivity index (χ1v) is 7.40. The average molecular weight is 352 g/mol. The van der Waals surface area contributed by atoms with Crippen LogP contribution in [0.1, 0.15) is 20.9 Å². The largest absolute Gasteiger partial charge is 0.374 e. The number of aromatic nitrogens is 2. The number of anilines is 1. The van der Waals surface area contributed by atoms with E-state index in [-0.39, 0.29) is 17.7 Å². The van der Waals surface area contributed by atoms with E-state index in [0.717, 1.165) is 12.1 Å². The Kier molecular flexibility index (Phi) is 4.99. The lowest BCUT2D eigenvalue weighted by molar-refractivity contribution is -0.394. The number of nitrogens with zero attached hydrogens (tertiary/aromatic N) is 4. The van der Waals surface area contributed by atoms with Crippen LogP contribution < -0.4 is 11.1 Å². The summed E-state index contributed by atoms with van der Waals surface area (Å²) in [6, 6.07) is 1.84. The minimum atomic E-state index is -0.784. The van der Waals surface area contributed by atoms with E-state index in [1.807, 2.05) is 0 Å². The lowest BCUT2D eigenvalue weighted by Gasteiger charge is -2.07. The number of hydrogen-bond acceptors (Lipinski definition) is 9. The minimum absolute atomic E-state index is 0.0586. The van der Waals surface area contributed by atoms with Gasteiger partial charge in [-0.1, -0.05) is 11.3 Å². The normalized spacial score (nSPS) is 10.4. The molecular formula is C12H12N6O5S. The topological polar surface area (TPSA) is 167 Å². The number of amides is 1. The molecule has 0 saturated heterocycles. The van der Waals surface area contributed by atoms with E-state index in [1.165, 1.54) is 18.3 Å². The maximum Gasteiger partial charge on any atom is 0.279 e. The van der Waals surface area contributed by atoms with E-state index in [9.17, 15) is 25.0 Å². The number of non-ortho nitro benzene ring substituents is 1. The van der Waals surface area contributed by atoms with E-state index in [1.54, 1.807) is 0 Å². The summed E-state index contributed by atoms with van der Waals surface area (Å²) in [6.45, 7) is 1.55. The molecule has 1 amide bonds. The highest BCUT2D eigenvalue weighted by atomic mass is 32.1. The van der Waals surface area contributed by atoms with Crippen molar-refractivity contribution >= 4 is 33.8 Å².